The van der Waals surface area contributed by atoms with Gasteiger partial charge < -0.3 is 58.7 Å². The van der Waals surface area contributed by atoms with Gasteiger partial charge in [0.15, 0.2) is 11.5 Å². The van der Waals surface area contributed by atoms with Gasteiger partial charge in [0.05, 0.1) is 81.4 Å². The molecular formula is C56H66F2N14O16P2. The molecule has 2 aliphatic heterocycles. The third kappa shape index (κ3) is 13.9. The third-order valence-corrected chi connectivity index (χ3v) is 17.8. The Morgan fingerprint density at radius 3 is 1.37 bits per heavy atom. The number of phosphoric ester groups is 2. The Balaban J connectivity index is 0.000000188. The molecule has 2 saturated heterocycles. The fourth-order valence-corrected chi connectivity index (χ4v) is 13.1. The lowest BCUT2D eigenvalue weighted by molar-refractivity contribution is -0.0276. The summed E-state index contributed by atoms with van der Waals surface area (Å²) >= 11 is 0. The zero-order chi connectivity index (χ0) is 64.5. The van der Waals surface area contributed by atoms with Crippen LogP contribution < -0.4 is 29.1 Å². The third-order valence-electron chi connectivity index (χ3n) is 15.4. The molecule has 12 rings (SSSR count). The number of fused-ring (bicyclic) bond motifs is 8. The highest BCUT2D eigenvalue weighted by atomic mass is 31.2. The van der Waals surface area contributed by atoms with E-state index >= 15 is 4.39 Å². The number of aromatic nitrogens is 10. The summed E-state index contributed by atoms with van der Waals surface area (Å²) in [5.41, 5.74) is -0.246. The van der Waals surface area contributed by atoms with E-state index < -0.39 is 76.5 Å². The quantitative estimate of drug-likeness (QED) is 0.0388. The molecule has 480 valence electrons. The highest BCUT2D eigenvalue weighted by Gasteiger charge is 2.49. The molecule has 6 unspecified atom stereocenters. The number of amides is 2. The van der Waals surface area contributed by atoms with Crippen LogP contribution in [0, 0.1) is 49.2 Å². The van der Waals surface area contributed by atoms with Crippen LogP contribution >= 0.6 is 15.6 Å². The maximum absolute atomic E-state index is 15.3. The molecule has 0 spiro atoms. The van der Waals surface area contributed by atoms with Crippen LogP contribution in [0.1, 0.15) is 66.0 Å². The van der Waals surface area contributed by atoms with Crippen LogP contribution in [0.15, 0.2) is 49.1 Å². The summed E-state index contributed by atoms with van der Waals surface area (Å²) in [6, 6.07) is 4.89. The Labute approximate surface area is 512 Å². The zero-order valence-corrected chi connectivity index (χ0v) is 52.2. The second-order valence-electron chi connectivity index (χ2n) is 24.2. The Morgan fingerprint density at radius 2 is 1.01 bits per heavy atom. The first kappa shape index (κ1) is 63.7. The number of halogens is 2. The van der Waals surface area contributed by atoms with Crippen molar-refractivity contribution in [2.45, 2.75) is 91.6 Å². The Morgan fingerprint density at radius 1 is 0.622 bits per heavy atom. The van der Waals surface area contributed by atoms with Gasteiger partial charge in [0.1, 0.15) is 46.2 Å². The first-order chi connectivity index (χ1) is 42.3. The van der Waals surface area contributed by atoms with Gasteiger partial charge >= 0.3 is 39.9 Å². The van der Waals surface area contributed by atoms with Gasteiger partial charge in [0.25, 0.3) is 0 Å². The molecule has 34 heteroatoms. The van der Waals surface area contributed by atoms with Crippen molar-refractivity contribution < 1.29 is 84.5 Å². The molecule has 4 aliphatic rings. The molecule has 0 bridgehead atoms. The SMILES string of the molecule is Cc1ncc(Oc2nc(N3CC4CC(O)C4C3)c3c(n2)[nH]c2c(N(C)C(=O)OCOP(=O)(O)O)cc(F)cc23)cn1.Cc1ncc(Oc2nc(N3CC4CC(O)C4C3)c3c(n2)[nH]c2c(N(C)C(=O)OCOP(=O)(OC(C)(C)C)OC(C)(C)C)cc(F)cc23)cn1. The molecule has 6 N–H and O–H groups in total. The van der Waals surface area contributed by atoms with Crippen LogP contribution in [0.3, 0.4) is 0 Å². The van der Waals surface area contributed by atoms with Crippen LogP contribution in [0.2, 0.25) is 0 Å². The number of nitrogens with zero attached hydrogens (tertiary/aromatic N) is 12. The van der Waals surface area contributed by atoms with E-state index in [1.165, 1.54) is 57.1 Å². The summed E-state index contributed by atoms with van der Waals surface area (Å²) in [7, 11) is -6.32. The van der Waals surface area contributed by atoms with Crippen molar-refractivity contribution >= 4 is 94.7 Å². The standard InChI is InChI=1S/C32H41FN7O8P.C24H25FN7O8P/c1-17-34-12-20(13-35-17)46-29-37-27-25(28(38-29)40-14-18-9-24(41)22(18)15-40)21-10-19(33)11-23(26(21)36-27)39(8)30(42)44-16-45-49(43,47-31(2,3)4)48-32(5,6)7;1-11-26-6-14(7-27-11)40-23-29-21-19(22(30-23)32-8-12-3-18(33)16(12)9-32)15-4-13(25)5-17(20(15)28-21)31(2)24(34)38-10-39-41(35,36)37/h10-13,18,22,24,41H,9,14-16H2,1-8H3,(H,36,37,38);4-7,12,16,18,33H,3,8-10H2,1-2H3,(H,28,29,30)(H2,35,36,37). The van der Waals surface area contributed by atoms with Crippen LogP contribution in [0.25, 0.3) is 43.9 Å². The number of carbonyl (C=O) groups is 2. The molecule has 2 amide bonds. The normalized spacial score (nSPS) is 19.9. The van der Waals surface area contributed by atoms with E-state index in [9.17, 15) is 33.3 Å². The largest absolute Gasteiger partial charge is 0.478 e. The van der Waals surface area contributed by atoms with E-state index in [1.54, 1.807) is 55.4 Å². The van der Waals surface area contributed by atoms with Crippen molar-refractivity contribution in [3.63, 3.8) is 0 Å². The summed E-state index contributed by atoms with van der Waals surface area (Å²) in [5, 5.41) is 22.4. The van der Waals surface area contributed by atoms with E-state index in [0.29, 0.717) is 130 Å². The number of nitrogens with one attached hydrogen (secondary N) is 2. The highest BCUT2D eigenvalue weighted by molar-refractivity contribution is 7.48. The molecule has 8 aromatic rings. The Kier molecular flexibility index (Phi) is 17.2. The highest BCUT2D eigenvalue weighted by Crippen LogP contribution is 2.56. The number of carbonyl (C=O) groups excluding carboxylic acids is 2. The smallest absolute Gasteiger partial charge is 0.421 e. The molecule has 6 atom stereocenters. The number of rotatable bonds is 16. The minimum Gasteiger partial charge on any atom is -0.421 e. The molecule has 8 heterocycles. The average Bonchev–Trinajstić information content (AvgIpc) is 1.58. The van der Waals surface area contributed by atoms with Crippen molar-refractivity contribution in [3.05, 3.63) is 72.3 Å². The first-order valence-corrected chi connectivity index (χ1v) is 31.4. The minimum atomic E-state index is -4.87. The van der Waals surface area contributed by atoms with E-state index in [4.69, 9.17) is 47.3 Å². The van der Waals surface area contributed by atoms with Crippen molar-refractivity contribution in [1.29, 1.82) is 0 Å². The van der Waals surface area contributed by atoms with E-state index in [1.807, 2.05) is 9.80 Å². The molecule has 2 aromatic carbocycles. The van der Waals surface area contributed by atoms with Gasteiger partial charge in [-0.25, -0.2) is 56.5 Å². The maximum Gasteiger partial charge on any atom is 0.478 e. The van der Waals surface area contributed by atoms with Crippen molar-refractivity contribution in [2.24, 2.45) is 23.7 Å². The summed E-state index contributed by atoms with van der Waals surface area (Å²) in [5.74, 6) is 2.19. The number of anilines is 4. The molecule has 6 aromatic heterocycles. The number of aliphatic hydroxyl groups is 2. The number of aryl methyl sites for hydroxylation is 2. The predicted octanol–water partition coefficient (Wildman–Crippen LogP) is 8.84. The molecule has 2 saturated carbocycles. The topological polar surface area (TPSA) is 371 Å². The molecule has 4 fully saturated rings. The van der Waals surface area contributed by atoms with E-state index in [0.717, 1.165) is 15.9 Å². The van der Waals surface area contributed by atoms with Crippen molar-refractivity contribution in [1.82, 2.24) is 49.8 Å². The zero-order valence-electron chi connectivity index (χ0n) is 50.4. The monoisotopic (exact) mass is 1290 g/mol. The molecule has 30 nitrogen and oxygen atoms in total. The van der Waals surface area contributed by atoms with Gasteiger partial charge in [-0.3, -0.25) is 18.8 Å². The number of H-pyrrole nitrogens is 2. The molecule has 90 heavy (non-hydrogen) atoms. The number of phosphoric acid groups is 2. The summed E-state index contributed by atoms with van der Waals surface area (Å²) in [4.78, 5) is 91.0. The van der Waals surface area contributed by atoms with Crippen LogP contribution in [0.4, 0.5) is 41.4 Å². The summed E-state index contributed by atoms with van der Waals surface area (Å²) < 4.78 is 97.1. The summed E-state index contributed by atoms with van der Waals surface area (Å²) in [6.07, 6.45) is 4.60. The summed E-state index contributed by atoms with van der Waals surface area (Å²) in [6.45, 7) is 14.2. The van der Waals surface area contributed by atoms with Gasteiger partial charge in [-0.2, -0.15) is 19.9 Å². The van der Waals surface area contributed by atoms with Crippen LogP contribution in [-0.4, -0.2) is 159 Å². The fraction of sp³-hybridized carbons (Fsp3) is 0.464. The number of aliphatic hydroxyl groups excluding tert-OH is 2. The predicted molar refractivity (Wildman–Crippen MR) is 319 cm³/mol. The Hall–Kier alpha value is -7.90. The second-order valence-corrected chi connectivity index (χ2v) is 27.0. The number of benzene rings is 2. The number of hydrogen-bond donors (Lipinski definition) is 6. The molecule has 2 aliphatic carbocycles. The van der Waals surface area contributed by atoms with Gasteiger partial charge in [-0.1, -0.05) is 0 Å². The van der Waals surface area contributed by atoms with E-state index in [2.05, 4.69) is 49.4 Å². The van der Waals surface area contributed by atoms with Gasteiger partial charge in [-0.05, 0) is 104 Å². The van der Waals surface area contributed by atoms with Gasteiger partial charge in [0, 0.05) is 62.9 Å². The molecular weight excluding hydrogens is 1220 g/mol. The lowest BCUT2D eigenvalue weighted by Crippen LogP contribution is -2.39. The molecule has 0 radical (unpaired) electrons. The van der Waals surface area contributed by atoms with Crippen LogP contribution in [0.5, 0.6) is 23.5 Å². The second kappa shape index (κ2) is 24.4. The van der Waals surface area contributed by atoms with Gasteiger partial charge in [-0.15, -0.1) is 0 Å². The minimum absolute atomic E-state index is 0.00706. The maximum atomic E-state index is 15.3. The van der Waals surface area contributed by atoms with Crippen molar-refractivity contribution in [3.8, 4) is 23.5 Å². The average molecular weight is 1290 g/mol. The number of ether oxygens (including phenoxy) is 4. The fourth-order valence-electron chi connectivity index (χ4n) is 11.3. The van der Waals surface area contributed by atoms with Gasteiger partial charge in [0.2, 0.25) is 13.6 Å². The Bertz CT molecular complexity index is 4130. The number of aromatic amines is 2. The lowest BCUT2D eigenvalue weighted by atomic mass is 9.74. The van der Waals surface area contributed by atoms with Crippen molar-refractivity contribution in [2.75, 3.05) is 73.5 Å². The first-order valence-electron chi connectivity index (χ1n) is 28.4. The van der Waals surface area contributed by atoms with Crippen LogP contribution in [-0.2, 0) is 36.7 Å². The number of hydrogen-bond acceptors (Lipinski definition) is 24. The lowest BCUT2D eigenvalue weighted by Gasteiger charge is -2.34. The van der Waals surface area contributed by atoms with E-state index in [-0.39, 0.29) is 35.2 Å².